The van der Waals surface area contributed by atoms with E-state index in [4.69, 9.17) is 9.47 Å². The van der Waals surface area contributed by atoms with Gasteiger partial charge in [0.05, 0.1) is 6.42 Å². The number of thiophene rings is 1. The number of carbonyl (C=O) groups excluding carboxylic acids is 1. The number of amides is 1. The Labute approximate surface area is 141 Å². The molecule has 1 aliphatic heterocycles. The molecule has 0 aliphatic carbocycles. The van der Waals surface area contributed by atoms with Gasteiger partial charge < -0.3 is 14.8 Å². The smallest absolute Gasteiger partial charge is 0.224 e. The molecule has 0 saturated carbocycles. The van der Waals surface area contributed by atoms with Crippen molar-refractivity contribution < 1.29 is 14.3 Å². The molecule has 1 aromatic heterocycles. The number of benzene rings is 1. The van der Waals surface area contributed by atoms with Crippen LogP contribution in [-0.4, -0.2) is 25.7 Å². The summed E-state index contributed by atoms with van der Waals surface area (Å²) in [7, 11) is 0. The van der Waals surface area contributed by atoms with Crippen molar-refractivity contribution in [2.24, 2.45) is 0 Å². The third-order valence-electron chi connectivity index (χ3n) is 3.34. The van der Waals surface area contributed by atoms with E-state index in [1.54, 1.807) is 11.3 Å². The number of rotatable bonds is 5. The van der Waals surface area contributed by atoms with Gasteiger partial charge in [0.25, 0.3) is 0 Å². The summed E-state index contributed by atoms with van der Waals surface area (Å²) in [4.78, 5) is 13.3. The van der Waals surface area contributed by atoms with Crippen molar-refractivity contribution in [2.45, 2.75) is 12.8 Å². The van der Waals surface area contributed by atoms with Crippen molar-refractivity contribution in [2.75, 3.05) is 19.8 Å². The number of hydrogen-bond donors (Lipinski definition) is 1. The van der Waals surface area contributed by atoms with Crippen LogP contribution >= 0.6 is 27.3 Å². The lowest BCUT2D eigenvalue weighted by Crippen LogP contribution is -2.27. The highest BCUT2D eigenvalue weighted by Gasteiger charge is 2.16. The molecule has 0 bridgehead atoms. The van der Waals surface area contributed by atoms with Crippen molar-refractivity contribution in [3.05, 3.63) is 44.6 Å². The first-order valence-electron chi connectivity index (χ1n) is 7.09. The average molecular weight is 382 g/mol. The van der Waals surface area contributed by atoms with Gasteiger partial charge in [-0.3, -0.25) is 4.79 Å². The zero-order valence-electron chi connectivity index (χ0n) is 11.9. The van der Waals surface area contributed by atoms with Gasteiger partial charge in [-0.25, -0.2) is 0 Å². The highest BCUT2D eigenvalue weighted by atomic mass is 79.9. The van der Waals surface area contributed by atoms with Crippen molar-refractivity contribution in [1.82, 2.24) is 5.32 Å². The Hall–Kier alpha value is -1.53. The molecule has 4 nitrogen and oxygen atoms in total. The van der Waals surface area contributed by atoms with Crippen LogP contribution in [0.5, 0.6) is 11.5 Å². The maximum Gasteiger partial charge on any atom is 0.224 e. The first-order valence-corrected chi connectivity index (χ1v) is 8.77. The number of halogens is 1. The molecule has 1 amide bonds. The number of ether oxygens (including phenoxy) is 2. The SMILES string of the molecule is O=C(Cc1cc2c(cc1Br)OCCO2)NCCc1cccs1. The second kappa shape index (κ2) is 7.15. The van der Waals surface area contributed by atoms with Crippen molar-refractivity contribution in [1.29, 1.82) is 0 Å². The lowest BCUT2D eigenvalue weighted by molar-refractivity contribution is -0.120. The monoisotopic (exact) mass is 381 g/mol. The molecule has 22 heavy (non-hydrogen) atoms. The topological polar surface area (TPSA) is 47.6 Å². The molecule has 1 aromatic carbocycles. The van der Waals surface area contributed by atoms with Gasteiger partial charge in [0.15, 0.2) is 11.5 Å². The van der Waals surface area contributed by atoms with E-state index < -0.39 is 0 Å². The van der Waals surface area contributed by atoms with Crippen molar-refractivity contribution in [3.63, 3.8) is 0 Å². The van der Waals surface area contributed by atoms with E-state index in [-0.39, 0.29) is 5.91 Å². The Morgan fingerprint density at radius 2 is 2.05 bits per heavy atom. The van der Waals surface area contributed by atoms with Gasteiger partial charge in [0, 0.05) is 15.9 Å². The molecule has 0 spiro atoms. The average Bonchev–Trinajstić information content (AvgIpc) is 3.01. The second-order valence-electron chi connectivity index (χ2n) is 4.94. The largest absolute Gasteiger partial charge is 0.486 e. The fourth-order valence-electron chi connectivity index (χ4n) is 2.26. The molecule has 0 radical (unpaired) electrons. The van der Waals surface area contributed by atoms with Gasteiger partial charge in [-0.15, -0.1) is 11.3 Å². The molecule has 0 unspecified atom stereocenters. The van der Waals surface area contributed by atoms with E-state index in [0.29, 0.717) is 31.9 Å². The summed E-state index contributed by atoms with van der Waals surface area (Å²) in [5, 5.41) is 5.00. The Morgan fingerprint density at radius 1 is 1.27 bits per heavy atom. The molecular weight excluding hydrogens is 366 g/mol. The second-order valence-corrected chi connectivity index (χ2v) is 6.83. The van der Waals surface area contributed by atoms with Gasteiger partial charge in [-0.1, -0.05) is 22.0 Å². The van der Waals surface area contributed by atoms with Gasteiger partial charge in [0.1, 0.15) is 13.2 Å². The minimum absolute atomic E-state index is 0.00827. The molecule has 0 saturated heterocycles. The Balaban J connectivity index is 1.56. The summed E-state index contributed by atoms with van der Waals surface area (Å²) in [5.74, 6) is 1.43. The van der Waals surface area contributed by atoms with E-state index in [0.717, 1.165) is 22.2 Å². The van der Waals surface area contributed by atoms with Crippen LogP contribution in [0.3, 0.4) is 0 Å². The lowest BCUT2D eigenvalue weighted by Gasteiger charge is -2.19. The number of nitrogens with one attached hydrogen (secondary N) is 1. The Morgan fingerprint density at radius 3 is 2.77 bits per heavy atom. The molecule has 1 N–H and O–H groups in total. The van der Waals surface area contributed by atoms with Crippen LogP contribution in [0.2, 0.25) is 0 Å². The van der Waals surface area contributed by atoms with Crippen LogP contribution in [0, 0.1) is 0 Å². The summed E-state index contributed by atoms with van der Waals surface area (Å²) in [6.45, 7) is 1.75. The first-order chi connectivity index (χ1) is 10.7. The van der Waals surface area contributed by atoms with Crippen LogP contribution in [0.4, 0.5) is 0 Å². The highest BCUT2D eigenvalue weighted by molar-refractivity contribution is 9.10. The fraction of sp³-hybridized carbons (Fsp3) is 0.312. The summed E-state index contributed by atoms with van der Waals surface area (Å²) < 4.78 is 11.9. The van der Waals surface area contributed by atoms with Crippen LogP contribution in [0.25, 0.3) is 0 Å². The minimum atomic E-state index is 0.00827. The van der Waals surface area contributed by atoms with Gasteiger partial charge in [0.2, 0.25) is 5.91 Å². The van der Waals surface area contributed by atoms with E-state index in [2.05, 4.69) is 27.3 Å². The predicted octanol–water partition coefficient (Wildman–Crippen LogP) is 3.18. The molecule has 2 heterocycles. The van der Waals surface area contributed by atoms with Crippen LogP contribution in [0.15, 0.2) is 34.1 Å². The molecule has 116 valence electrons. The van der Waals surface area contributed by atoms with Gasteiger partial charge in [-0.2, -0.15) is 0 Å². The third kappa shape index (κ3) is 3.81. The number of hydrogen-bond acceptors (Lipinski definition) is 4. The summed E-state index contributed by atoms with van der Waals surface area (Å²) in [6, 6.07) is 7.84. The molecular formula is C16H16BrNO3S. The molecule has 6 heteroatoms. The Kier molecular flexibility index (Phi) is 5.00. The van der Waals surface area contributed by atoms with Gasteiger partial charge in [-0.05, 0) is 35.6 Å². The van der Waals surface area contributed by atoms with E-state index in [1.165, 1.54) is 4.88 Å². The van der Waals surface area contributed by atoms with Crippen LogP contribution in [-0.2, 0) is 17.6 Å². The minimum Gasteiger partial charge on any atom is -0.486 e. The van der Waals surface area contributed by atoms with Crippen LogP contribution < -0.4 is 14.8 Å². The molecule has 0 fully saturated rings. The third-order valence-corrected chi connectivity index (χ3v) is 5.01. The summed E-state index contributed by atoms with van der Waals surface area (Å²) >= 11 is 5.20. The predicted molar refractivity (Wildman–Crippen MR) is 89.9 cm³/mol. The van der Waals surface area contributed by atoms with Crippen LogP contribution in [0.1, 0.15) is 10.4 Å². The number of carbonyl (C=O) groups is 1. The van der Waals surface area contributed by atoms with E-state index >= 15 is 0 Å². The van der Waals surface area contributed by atoms with Crippen molar-refractivity contribution in [3.8, 4) is 11.5 Å². The summed E-state index contributed by atoms with van der Waals surface area (Å²) in [6.07, 6.45) is 1.19. The Bertz CT molecular complexity index is 658. The molecule has 3 rings (SSSR count). The van der Waals surface area contributed by atoms with E-state index in [1.807, 2.05) is 23.6 Å². The maximum atomic E-state index is 12.1. The quantitative estimate of drug-likeness (QED) is 0.864. The molecule has 1 aliphatic rings. The normalized spacial score (nSPS) is 13.0. The lowest BCUT2D eigenvalue weighted by atomic mass is 10.1. The zero-order valence-corrected chi connectivity index (χ0v) is 14.3. The highest BCUT2D eigenvalue weighted by Crippen LogP contribution is 2.35. The fourth-order valence-corrected chi connectivity index (χ4v) is 3.43. The maximum absolute atomic E-state index is 12.1. The first kappa shape index (κ1) is 15.4. The van der Waals surface area contributed by atoms with Crippen molar-refractivity contribution >= 4 is 33.2 Å². The molecule has 0 atom stereocenters. The van der Waals surface area contributed by atoms with Gasteiger partial charge >= 0.3 is 0 Å². The van der Waals surface area contributed by atoms with E-state index in [9.17, 15) is 4.79 Å². The number of fused-ring (bicyclic) bond motifs is 1. The summed E-state index contributed by atoms with van der Waals surface area (Å²) in [5.41, 5.74) is 0.901. The molecule has 2 aromatic rings. The standard InChI is InChI=1S/C16H16BrNO3S/c17-13-10-15-14(20-5-6-21-15)8-11(13)9-16(19)18-4-3-12-2-1-7-22-12/h1-2,7-8,10H,3-6,9H2,(H,18,19). The zero-order chi connectivity index (χ0) is 15.4.